The first-order chi connectivity index (χ1) is 29.7. The molecule has 0 radical (unpaired) electrons. The average molecular weight is 870 g/mol. The molecule has 4 aliphatic heterocycles. The summed E-state index contributed by atoms with van der Waals surface area (Å²) in [6.07, 6.45) is -6.62. The number of halogens is 6. The van der Waals surface area contributed by atoms with Crippen molar-refractivity contribution in [3.63, 3.8) is 0 Å². The van der Waals surface area contributed by atoms with Crippen molar-refractivity contribution in [1.29, 1.82) is 0 Å². The second-order valence-electron chi connectivity index (χ2n) is 15.9. The first-order valence-corrected chi connectivity index (χ1v) is 20.3. The third-order valence-electron chi connectivity index (χ3n) is 11.3. The van der Waals surface area contributed by atoms with Crippen LogP contribution < -0.4 is 20.1 Å². The van der Waals surface area contributed by atoms with Gasteiger partial charge in [-0.3, -0.25) is 0 Å². The fourth-order valence-electron chi connectivity index (χ4n) is 8.23. The van der Waals surface area contributed by atoms with Gasteiger partial charge in [-0.05, 0) is 87.1 Å². The van der Waals surface area contributed by atoms with Crippen LogP contribution >= 0.6 is 0 Å². The summed E-state index contributed by atoms with van der Waals surface area (Å²) in [5.74, 6) is -0.119. The number of morpholine rings is 2. The molecular formula is C41H41F6N9O6. The minimum absolute atomic E-state index is 0.0881. The number of nitrogens with one attached hydrogen (secondary N) is 1. The van der Waals surface area contributed by atoms with Crippen molar-refractivity contribution in [3.8, 4) is 22.8 Å². The maximum absolute atomic E-state index is 14.1. The molecule has 4 atom stereocenters. The standard InChI is InChI=1S/C41H41F6N9O6/c42-40(43,44)32-17-34(53-19-28-11-12-29(20-53)61-28)51-36(49-32)23-1-5-25(6-2-23)48-38(58)55(26-9-10-26)56(39(59)60-16-15-57)27-7-3-24(4-8-27)37-50-33(41(45,46)47)18-35(52-37)54-21-30-13-14-31(22-54)62-30/h1-8,17-18,26,28-31,57H,9-16,19-22H2,(H,48,58). The molecule has 0 spiro atoms. The van der Waals surface area contributed by atoms with E-state index >= 15 is 0 Å². The zero-order valence-electron chi connectivity index (χ0n) is 33.0. The van der Waals surface area contributed by atoms with Crippen LogP contribution in [0.4, 0.5) is 58.9 Å². The Morgan fingerprint density at radius 3 is 1.56 bits per heavy atom. The Hall–Kier alpha value is -5.80. The van der Waals surface area contributed by atoms with Crippen LogP contribution in [0.3, 0.4) is 0 Å². The number of alkyl halides is 6. The van der Waals surface area contributed by atoms with Gasteiger partial charge in [0.15, 0.2) is 23.0 Å². The largest absolute Gasteiger partial charge is 0.445 e. The molecule has 2 N–H and O–H groups in total. The molecule has 15 nitrogen and oxygen atoms in total. The van der Waals surface area contributed by atoms with E-state index in [1.54, 1.807) is 9.80 Å². The quantitative estimate of drug-likeness (QED) is 0.132. The Balaban J connectivity index is 0.966. The highest BCUT2D eigenvalue weighted by Gasteiger charge is 2.42. The Morgan fingerprint density at radius 2 is 1.15 bits per heavy atom. The molecular weight excluding hydrogens is 828 g/mol. The SMILES string of the molecule is O=C(OCCO)N(c1ccc(-c2nc(N3CC4CCC(C3)O4)cc(C(F)(F)F)n2)cc1)N(C(=O)Nc1ccc(-c2nc(N3CC4CCC(C3)O4)cc(C(F)(F)F)n2)cc1)C1CC1. The number of nitrogens with zero attached hydrogens (tertiary/aromatic N) is 8. The fraction of sp³-hybridized carbons (Fsp3) is 0.463. The van der Waals surface area contributed by atoms with Crippen molar-refractivity contribution in [2.24, 2.45) is 0 Å². The molecule has 4 bridgehead atoms. The van der Waals surface area contributed by atoms with Gasteiger partial charge in [0.2, 0.25) is 0 Å². The van der Waals surface area contributed by atoms with E-state index in [0.29, 0.717) is 39.0 Å². The second-order valence-corrected chi connectivity index (χ2v) is 15.9. The summed E-state index contributed by atoms with van der Waals surface area (Å²) in [6.45, 7) is 0.678. The number of amides is 3. The molecule has 9 rings (SSSR count). The lowest BCUT2D eigenvalue weighted by Gasteiger charge is -2.34. The number of rotatable bonds is 9. The number of aliphatic hydroxyl groups is 1. The first kappa shape index (κ1) is 41.5. The number of ether oxygens (including phenoxy) is 3. The van der Waals surface area contributed by atoms with Crippen LogP contribution in [0.1, 0.15) is 49.9 Å². The average Bonchev–Trinajstić information content (AvgIpc) is 3.96. The zero-order chi connectivity index (χ0) is 43.3. The van der Waals surface area contributed by atoms with E-state index in [1.807, 2.05) is 0 Å². The van der Waals surface area contributed by atoms with Gasteiger partial charge in [0.1, 0.15) is 18.2 Å². The van der Waals surface area contributed by atoms with E-state index in [2.05, 4.69) is 25.3 Å². The molecule has 3 amide bonds. The fourth-order valence-corrected chi connectivity index (χ4v) is 8.23. The molecule has 1 aliphatic carbocycles. The molecule has 4 unspecified atom stereocenters. The summed E-state index contributed by atoms with van der Waals surface area (Å²) in [4.78, 5) is 47.8. The summed E-state index contributed by atoms with van der Waals surface area (Å²) >= 11 is 0. The number of urea groups is 1. The maximum Gasteiger partial charge on any atom is 0.433 e. The lowest BCUT2D eigenvalue weighted by atomic mass is 10.1. The molecule has 4 aromatic rings. The van der Waals surface area contributed by atoms with Gasteiger partial charge in [0.05, 0.1) is 42.8 Å². The van der Waals surface area contributed by atoms with E-state index in [0.717, 1.165) is 47.8 Å². The Kier molecular flexibility index (Phi) is 11.0. The van der Waals surface area contributed by atoms with Crippen LogP contribution in [0.2, 0.25) is 0 Å². The Bertz CT molecular complexity index is 2280. The molecule has 328 valence electrons. The van der Waals surface area contributed by atoms with Crippen molar-refractivity contribution in [1.82, 2.24) is 24.9 Å². The second kappa shape index (κ2) is 16.5. The van der Waals surface area contributed by atoms with Crippen LogP contribution in [-0.2, 0) is 26.6 Å². The highest BCUT2D eigenvalue weighted by atomic mass is 19.4. The van der Waals surface area contributed by atoms with Gasteiger partial charge in [-0.25, -0.2) is 34.5 Å². The highest BCUT2D eigenvalue weighted by molar-refractivity contribution is 5.97. The predicted octanol–water partition coefficient (Wildman–Crippen LogP) is 6.92. The molecule has 1 saturated carbocycles. The maximum atomic E-state index is 14.1. The molecule has 6 heterocycles. The number of carbonyl (C=O) groups is 2. The lowest BCUT2D eigenvalue weighted by molar-refractivity contribution is -0.141. The van der Waals surface area contributed by atoms with Gasteiger partial charge in [-0.15, -0.1) is 0 Å². The molecule has 5 fully saturated rings. The van der Waals surface area contributed by atoms with Crippen LogP contribution in [0.25, 0.3) is 22.8 Å². The normalized spacial score (nSPS) is 22.1. The Morgan fingerprint density at radius 1 is 0.694 bits per heavy atom. The van der Waals surface area contributed by atoms with Gasteiger partial charge >= 0.3 is 24.5 Å². The number of hydrazine groups is 1. The number of carbonyl (C=O) groups excluding carboxylic acids is 2. The summed E-state index contributed by atoms with van der Waals surface area (Å²) in [5, 5.41) is 14.3. The third-order valence-corrected chi connectivity index (χ3v) is 11.3. The minimum Gasteiger partial charge on any atom is -0.445 e. The van der Waals surface area contributed by atoms with Gasteiger partial charge < -0.3 is 34.4 Å². The van der Waals surface area contributed by atoms with Crippen molar-refractivity contribution < 1.29 is 55.2 Å². The van der Waals surface area contributed by atoms with E-state index in [1.165, 1.54) is 48.5 Å². The van der Waals surface area contributed by atoms with E-state index < -0.39 is 55.1 Å². The number of benzene rings is 2. The van der Waals surface area contributed by atoms with Gasteiger partial charge in [-0.2, -0.15) is 31.4 Å². The number of hydrogen-bond acceptors (Lipinski definition) is 12. The number of hydrogen-bond donors (Lipinski definition) is 2. The summed E-state index contributed by atoms with van der Waals surface area (Å²) in [5.41, 5.74) is -1.41. The van der Waals surface area contributed by atoms with Gasteiger partial charge in [0, 0.05) is 55.1 Å². The van der Waals surface area contributed by atoms with E-state index in [4.69, 9.17) is 14.2 Å². The highest BCUT2D eigenvalue weighted by Crippen LogP contribution is 2.38. The van der Waals surface area contributed by atoms with E-state index in [-0.39, 0.29) is 70.2 Å². The molecule has 4 saturated heterocycles. The monoisotopic (exact) mass is 869 g/mol. The van der Waals surface area contributed by atoms with Crippen LogP contribution in [0.15, 0.2) is 60.7 Å². The summed E-state index contributed by atoms with van der Waals surface area (Å²) < 4.78 is 101. The van der Waals surface area contributed by atoms with Crippen molar-refractivity contribution >= 4 is 35.1 Å². The summed E-state index contributed by atoms with van der Waals surface area (Å²) in [7, 11) is 0. The molecule has 5 aliphatic rings. The first-order valence-electron chi connectivity index (χ1n) is 20.3. The third kappa shape index (κ3) is 8.91. The van der Waals surface area contributed by atoms with Gasteiger partial charge in [-0.1, -0.05) is 0 Å². The minimum atomic E-state index is -4.76. The molecule has 2 aromatic heterocycles. The number of anilines is 4. The number of aromatic nitrogens is 4. The molecule has 2 aromatic carbocycles. The topological polar surface area (TPSA) is 159 Å². The van der Waals surface area contributed by atoms with Crippen LogP contribution in [0, 0.1) is 0 Å². The smallest absolute Gasteiger partial charge is 0.433 e. The van der Waals surface area contributed by atoms with Crippen LogP contribution in [0.5, 0.6) is 0 Å². The zero-order valence-corrected chi connectivity index (χ0v) is 33.0. The predicted molar refractivity (Wildman–Crippen MR) is 210 cm³/mol. The van der Waals surface area contributed by atoms with Gasteiger partial charge in [0.25, 0.3) is 0 Å². The van der Waals surface area contributed by atoms with Crippen LogP contribution in [-0.4, -0.2) is 112 Å². The van der Waals surface area contributed by atoms with Crippen molar-refractivity contribution in [2.75, 3.05) is 59.5 Å². The number of fused-ring (bicyclic) bond motifs is 4. The lowest BCUT2D eigenvalue weighted by Crippen LogP contribution is -2.53. The van der Waals surface area contributed by atoms with Crippen molar-refractivity contribution in [3.05, 3.63) is 72.1 Å². The Labute approximate surface area is 350 Å². The number of aliphatic hydroxyl groups excluding tert-OH is 1. The van der Waals surface area contributed by atoms with E-state index in [9.17, 15) is 41.0 Å². The summed E-state index contributed by atoms with van der Waals surface area (Å²) in [6, 6.07) is 12.2. The van der Waals surface area contributed by atoms with Crippen molar-refractivity contribution in [2.45, 2.75) is 81.3 Å². The molecule has 62 heavy (non-hydrogen) atoms. The molecule has 21 heteroatoms.